The van der Waals surface area contributed by atoms with Crippen LogP contribution in [-0.4, -0.2) is 13.2 Å². The first-order valence-corrected chi connectivity index (χ1v) is 7.04. The highest BCUT2D eigenvalue weighted by Gasteiger charge is 2.17. The summed E-state index contributed by atoms with van der Waals surface area (Å²) in [4.78, 5) is 1.07. The summed E-state index contributed by atoms with van der Waals surface area (Å²) >= 11 is 1.68. The van der Waals surface area contributed by atoms with E-state index in [2.05, 4.69) is 35.5 Å². The topological polar surface area (TPSA) is 38.5 Å². The lowest BCUT2D eigenvalue weighted by atomic mass is 10.2. The highest BCUT2D eigenvalue weighted by molar-refractivity contribution is 8.00. The molecule has 4 heteroatoms. The third-order valence-electron chi connectivity index (χ3n) is 3.05. The number of fused-ring (bicyclic) bond motifs is 1. The van der Waals surface area contributed by atoms with Gasteiger partial charge in [0.25, 0.3) is 0 Å². The highest BCUT2D eigenvalue weighted by atomic mass is 32.2. The molecule has 0 saturated carbocycles. The van der Waals surface area contributed by atoms with Gasteiger partial charge in [0.1, 0.15) is 12.4 Å². The molecular weight excluding hydrogens is 256 g/mol. The minimum Gasteiger partial charge on any atom is -0.490 e. The number of aryl methyl sites for hydroxylation is 1. The molecule has 0 unspecified atom stereocenters. The number of benzene rings is 2. The molecule has 0 aromatic heterocycles. The Bertz CT molecular complexity index is 583. The van der Waals surface area contributed by atoms with E-state index in [4.69, 9.17) is 10.5 Å². The van der Waals surface area contributed by atoms with Crippen LogP contribution >= 0.6 is 11.9 Å². The highest BCUT2D eigenvalue weighted by Crippen LogP contribution is 2.38. The van der Waals surface area contributed by atoms with E-state index in [0.29, 0.717) is 6.61 Å². The van der Waals surface area contributed by atoms with Gasteiger partial charge in [-0.3, -0.25) is 0 Å². The lowest BCUT2D eigenvalue weighted by Crippen LogP contribution is -2.18. The monoisotopic (exact) mass is 272 g/mol. The Morgan fingerprint density at radius 3 is 2.74 bits per heavy atom. The molecule has 0 aliphatic carbocycles. The maximum absolute atomic E-state index is 5.85. The second-order valence-electron chi connectivity index (χ2n) is 4.58. The van der Waals surface area contributed by atoms with Crippen molar-refractivity contribution < 1.29 is 4.74 Å². The van der Waals surface area contributed by atoms with Gasteiger partial charge in [-0.15, -0.1) is 0 Å². The van der Waals surface area contributed by atoms with Crippen molar-refractivity contribution in [2.45, 2.75) is 11.8 Å². The zero-order chi connectivity index (χ0) is 13.2. The first-order valence-electron chi connectivity index (χ1n) is 6.27. The Balaban J connectivity index is 1.91. The van der Waals surface area contributed by atoms with Crippen LogP contribution in [0.5, 0.6) is 5.75 Å². The molecule has 0 radical (unpaired) electrons. The smallest absolute Gasteiger partial charge is 0.134 e. The lowest BCUT2D eigenvalue weighted by Gasteiger charge is -2.20. The number of ether oxygens (including phenoxy) is 1. The molecule has 0 saturated heterocycles. The molecule has 0 spiro atoms. The molecule has 3 nitrogen and oxygen atoms in total. The van der Waals surface area contributed by atoms with Gasteiger partial charge in [0.05, 0.1) is 11.4 Å². The summed E-state index contributed by atoms with van der Waals surface area (Å²) in [6.07, 6.45) is 0. The summed E-state index contributed by atoms with van der Waals surface area (Å²) in [5, 5.41) is 0. The molecule has 2 aromatic carbocycles. The molecule has 0 fully saturated rings. The predicted molar refractivity (Wildman–Crippen MR) is 80.7 cm³/mol. The first-order chi connectivity index (χ1) is 9.22. The molecule has 98 valence electrons. The SMILES string of the molecule is Cc1ccc(N2CCOc3ccc(N)cc3S2)cc1. The van der Waals surface area contributed by atoms with E-state index in [1.54, 1.807) is 11.9 Å². The zero-order valence-corrected chi connectivity index (χ0v) is 11.6. The average molecular weight is 272 g/mol. The van der Waals surface area contributed by atoms with Crippen LogP contribution in [0.15, 0.2) is 47.4 Å². The van der Waals surface area contributed by atoms with E-state index < -0.39 is 0 Å². The number of anilines is 2. The van der Waals surface area contributed by atoms with Crippen LogP contribution in [0.4, 0.5) is 11.4 Å². The van der Waals surface area contributed by atoms with Crippen LogP contribution in [-0.2, 0) is 0 Å². The van der Waals surface area contributed by atoms with Gasteiger partial charge in [0.2, 0.25) is 0 Å². The standard InChI is InChI=1S/C15H16N2OS/c1-11-2-5-13(6-3-11)17-8-9-18-14-7-4-12(16)10-15(14)19-17/h2-7,10H,8-9,16H2,1H3. The number of nitrogen functional groups attached to an aromatic ring is 1. The first kappa shape index (κ1) is 12.2. The second kappa shape index (κ2) is 5.05. The predicted octanol–water partition coefficient (Wildman–Crippen LogP) is 3.48. The molecule has 1 aliphatic rings. The van der Waals surface area contributed by atoms with E-state index in [1.807, 2.05) is 18.2 Å². The van der Waals surface area contributed by atoms with Gasteiger partial charge in [-0.1, -0.05) is 17.7 Å². The van der Waals surface area contributed by atoms with Gasteiger partial charge in [0, 0.05) is 11.4 Å². The van der Waals surface area contributed by atoms with E-state index >= 15 is 0 Å². The van der Waals surface area contributed by atoms with Crippen LogP contribution in [0.2, 0.25) is 0 Å². The minimum absolute atomic E-state index is 0.678. The fourth-order valence-corrected chi connectivity index (χ4v) is 3.05. The fraction of sp³-hybridized carbons (Fsp3) is 0.200. The third kappa shape index (κ3) is 2.63. The summed E-state index contributed by atoms with van der Waals surface area (Å²) in [6, 6.07) is 14.3. The van der Waals surface area contributed by atoms with Gasteiger partial charge in [-0.05, 0) is 49.2 Å². The van der Waals surface area contributed by atoms with E-state index in [-0.39, 0.29) is 0 Å². The molecule has 0 atom stereocenters. The lowest BCUT2D eigenvalue weighted by molar-refractivity contribution is 0.325. The molecule has 1 aliphatic heterocycles. The molecule has 2 aromatic rings. The van der Waals surface area contributed by atoms with Crippen molar-refractivity contribution in [3.05, 3.63) is 48.0 Å². The summed E-state index contributed by atoms with van der Waals surface area (Å²) in [5.41, 5.74) is 9.07. The second-order valence-corrected chi connectivity index (χ2v) is 5.65. The molecule has 1 heterocycles. The van der Waals surface area contributed by atoms with Crippen molar-refractivity contribution in [3.63, 3.8) is 0 Å². The van der Waals surface area contributed by atoms with Crippen molar-refractivity contribution in [1.29, 1.82) is 0 Å². The quantitative estimate of drug-likeness (QED) is 0.637. The maximum Gasteiger partial charge on any atom is 0.134 e. The van der Waals surface area contributed by atoms with Gasteiger partial charge in [0.15, 0.2) is 0 Å². The summed E-state index contributed by atoms with van der Waals surface area (Å²) in [6.45, 7) is 3.62. The van der Waals surface area contributed by atoms with E-state index in [0.717, 1.165) is 22.9 Å². The van der Waals surface area contributed by atoms with E-state index in [1.165, 1.54) is 11.3 Å². The Hall–Kier alpha value is -1.81. The molecular formula is C15H16N2OS. The number of nitrogens with zero attached hydrogens (tertiary/aromatic N) is 1. The minimum atomic E-state index is 0.678. The van der Waals surface area contributed by atoms with Gasteiger partial charge < -0.3 is 14.8 Å². The van der Waals surface area contributed by atoms with Crippen molar-refractivity contribution in [2.24, 2.45) is 0 Å². The van der Waals surface area contributed by atoms with E-state index in [9.17, 15) is 0 Å². The van der Waals surface area contributed by atoms with Crippen LogP contribution in [0.3, 0.4) is 0 Å². The molecule has 0 amide bonds. The molecule has 19 heavy (non-hydrogen) atoms. The number of hydrogen-bond acceptors (Lipinski definition) is 4. The van der Waals surface area contributed by atoms with Crippen LogP contribution in [0.25, 0.3) is 0 Å². The fourth-order valence-electron chi connectivity index (χ4n) is 2.01. The van der Waals surface area contributed by atoms with Gasteiger partial charge in [-0.2, -0.15) is 0 Å². The maximum atomic E-state index is 5.85. The van der Waals surface area contributed by atoms with Gasteiger partial charge >= 0.3 is 0 Å². The zero-order valence-electron chi connectivity index (χ0n) is 10.8. The summed E-state index contributed by atoms with van der Waals surface area (Å²) < 4.78 is 8.00. The molecule has 3 rings (SSSR count). The van der Waals surface area contributed by atoms with Crippen LogP contribution in [0, 0.1) is 6.92 Å². The Morgan fingerprint density at radius 2 is 1.95 bits per heavy atom. The number of nitrogens with two attached hydrogens (primary N) is 1. The largest absolute Gasteiger partial charge is 0.490 e. The van der Waals surface area contributed by atoms with Gasteiger partial charge in [-0.25, -0.2) is 0 Å². The average Bonchev–Trinajstić information content (AvgIpc) is 2.61. The Labute approximate surface area is 117 Å². The summed E-state index contributed by atoms with van der Waals surface area (Å²) in [5.74, 6) is 0.911. The summed E-state index contributed by atoms with van der Waals surface area (Å²) in [7, 11) is 0. The number of hydrogen-bond donors (Lipinski definition) is 1. The van der Waals surface area contributed by atoms with Crippen LogP contribution < -0.4 is 14.8 Å². The van der Waals surface area contributed by atoms with Crippen molar-refractivity contribution in [3.8, 4) is 5.75 Å². The van der Waals surface area contributed by atoms with Crippen LogP contribution in [0.1, 0.15) is 5.56 Å². The Kier molecular flexibility index (Phi) is 3.25. The van der Waals surface area contributed by atoms with Crippen molar-refractivity contribution in [1.82, 2.24) is 0 Å². The third-order valence-corrected chi connectivity index (χ3v) is 4.18. The normalized spacial score (nSPS) is 14.5. The Morgan fingerprint density at radius 1 is 1.16 bits per heavy atom. The van der Waals surface area contributed by atoms with Crippen molar-refractivity contribution in [2.75, 3.05) is 23.2 Å². The number of rotatable bonds is 1. The van der Waals surface area contributed by atoms with Crippen molar-refractivity contribution >= 4 is 23.3 Å². The molecule has 2 N–H and O–H groups in total. The molecule has 0 bridgehead atoms.